The first-order valence-electron chi connectivity index (χ1n) is 7.44. The predicted octanol–water partition coefficient (Wildman–Crippen LogP) is 0.964. The zero-order valence-electron chi connectivity index (χ0n) is 13.1. The smallest absolute Gasteiger partial charge is 0.282 e. The highest BCUT2D eigenvalue weighted by molar-refractivity contribution is 7.86. The van der Waals surface area contributed by atoms with E-state index in [4.69, 9.17) is 10.5 Å². The third-order valence-electron chi connectivity index (χ3n) is 4.47. The van der Waals surface area contributed by atoms with E-state index in [0.29, 0.717) is 13.2 Å². The molecule has 0 aromatic rings. The molecule has 2 rings (SSSR count). The molecule has 1 aliphatic carbocycles. The lowest BCUT2D eigenvalue weighted by Gasteiger charge is -2.41. The summed E-state index contributed by atoms with van der Waals surface area (Å²) in [6.07, 6.45) is 3.46. The summed E-state index contributed by atoms with van der Waals surface area (Å²) in [5.41, 5.74) is 5.89. The van der Waals surface area contributed by atoms with E-state index in [0.717, 1.165) is 25.7 Å². The molecular weight excluding hydrogens is 314 g/mol. The van der Waals surface area contributed by atoms with Gasteiger partial charge in [-0.1, -0.05) is 0 Å². The van der Waals surface area contributed by atoms with Crippen LogP contribution < -0.4 is 5.73 Å². The van der Waals surface area contributed by atoms with Gasteiger partial charge in [-0.05, 0) is 39.5 Å². The average Bonchev–Trinajstić information content (AvgIpc) is 2.41. The van der Waals surface area contributed by atoms with Crippen LogP contribution in [0.25, 0.3) is 0 Å². The lowest BCUT2D eigenvalue weighted by atomic mass is 9.92. The molecule has 21 heavy (non-hydrogen) atoms. The number of nitrogens with zero attached hydrogens (tertiary/aromatic N) is 2. The van der Waals surface area contributed by atoms with Gasteiger partial charge >= 0.3 is 0 Å². The number of ether oxygens (including phenoxy) is 1. The maximum absolute atomic E-state index is 12.8. The highest BCUT2D eigenvalue weighted by Crippen LogP contribution is 2.26. The monoisotopic (exact) mass is 341 g/mol. The second-order valence-corrected chi connectivity index (χ2v) is 8.10. The molecule has 6 nitrogen and oxygen atoms in total. The minimum absolute atomic E-state index is 0. The average molecular weight is 342 g/mol. The van der Waals surface area contributed by atoms with E-state index >= 15 is 0 Å². The molecule has 2 aliphatic rings. The Hall–Kier alpha value is 0.0800. The fourth-order valence-corrected chi connectivity index (χ4v) is 4.85. The van der Waals surface area contributed by atoms with Crippen LogP contribution in [0.1, 0.15) is 39.5 Å². The molecule has 0 aromatic carbocycles. The van der Waals surface area contributed by atoms with Crippen LogP contribution in [-0.4, -0.2) is 61.5 Å². The Morgan fingerprint density at radius 1 is 1.19 bits per heavy atom. The van der Waals surface area contributed by atoms with E-state index in [9.17, 15) is 8.42 Å². The molecule has 0 amide bonds. The lowest BCUT2D eigenvalue weighted by molar-refractivity contribution is -0.0194. The molecule has 2 atom stereocenters. The van der Waals surface area contributed by atoms with Gasteiger partial charge in [-0.25, -0.2) is 0 Å². The predicted molar refractivity (Wildman–Crippen MR) is 85.7 cm³/mol. The first kappa shape index (κ1) is 19.1. The second kappa shape index (κ2) is 7.57. The SMILES string of the molecule is CC1CN(S(=O)(=O)N(C)C2CCC(N)CC2)C(C)CO1.Cl. The Morgan fingerprint density at radius 3 is 2.33 bits per heavy atom. The van der Waals surface area contributed by atoms with Gasteiger partial charge in [-0.2, -0.15) is 17.0 Å². The van der Waals surface area contributed by atoms with Crippen molar-refractivity contribution in [3.63, 3.8) is 0 Å². The van der Waals surface area contributed by atoms with E-state index < -0.39 is 10.2 Å². The van der Waals surface area contributed by atoms with Gasteiger partial charge in [0.05, 0.1) is 12.7 Å². The summed E-state index contributed by atoms with van der Waals surface area (Å²) in [6, 6.07) is 0.194. The fourth-order valence-electron chi connectivity index (χ4n) is 3.01. The van der Waals surface area contributed by atoms with Crippen molar-refractivity contribution in [2.75, 3.05) is 20.2 Å². The molecule has 0 radical (unpaired) electrons. The number of rotatable bonds is 3. The Labute approximate surface area is 134 Å². The van der Waals surface area contributed by atoms with Gasteiger partial charge in [-0.3, -0.25) is 0 Å². The molecular formula is C13H28ClN3O3S. The van der Waals surface area contributed by atoms with E-state index in [1.807, 2.05) is 13.8 Å². The van der Waals surface area contributed by atoms with Crippen molar-refractivity contribution in [1.29, 1.82) is 0 Å². The van der Waals surface area contributed by atoms with Crippen LogP contribution in [0.15, 0.2) is 0 Å². The molecule has 126 valence electrons. The summed E-state index contributed by atoms with van der Waals surface area (Å²) >= 11 is 0. The number of hydrogen-bond donors (Lipinski definition) is 1. The van der Waals surface area contributed by atoms with Gasteiger partial charge in [0.1, 0.15) is 0 Å². The van der Waals surface area contributed by atoms with E-state index in [1.165, 1.54) is 0 Å². The molecule has 0 aromatic heterocycles. The first-order valence-corrected chi connectivity index (χ1v) is 8.84. The summed E-state index contributed by atoms with van der Waals surface area (Å²) in [4.78, 5) is 0. The standard InChI is InChI=1S/C13H27N3O3S.ClH/c1-10-9-19-11(2)8-16(10)20(17,18)15(3)13-6-4-12(14)5-7-13;/h10-13H,4-9,14H2,1-3H3;1H. The summed E-state index contributed by atoms with van der Waals surface area (Å²) in [7, 11) is -1.72. The Balaban J connectivity index is 0.00000220. The molecule has 8 heteroatoms. The van der Waals surface area contributed by atoms with Crippen molar-refractivity contribution in [2.45, 2.75) is 63.8 Å². The van der Waals surface area contributed by atoms with Crippen molar-refractivity contribution in [3.05, 3.63) is 0 Å². The number of halogens is 1. The first-order chi connectivity index (χ1) is 9.32. The summed E-state index contributed by atoms with van der Waals surface area (Å²) < 4.78 is 34.2. The molecule has 1 aliphatic heterocycles. The van der Waals surface area contributed by atoms with E-state index in [2.05, 4.69) is 0 Å². The Bertz CT molecular complexity index is 426. The molecule has 2 N–H and O–H groups in total. The van der Waals surface area contributed by atoms with Crippen LogP contribution in [0, 0.1) is 0 Å². The molecule has 0 bridgehead atoms. The van der Waals surface area contributed by atoms with Crippen LogP contribution in [0.2, 0.25) is 0 Å². The minimum atomic E-state index is -3.42. The van der Waals surface area contributed by atoms with Crippen molar-refractivity contribution in [1.82, 2.24) is 8.61 Å². The van der Waals surface area contributed by atoms with Gasteiger partial charge in [-0.15, -0.1) is 12.4 Å². The van der Waals surface area contributed by atoms with Gasteiger partial charge < -0.3 is 10.5 Å². The minimum Gasteiger partial charge on any atom is -0.375 e. The van der Waals surface area contributed by atoms with Crippen molar-refractivity contribution >= 4 is 22.6 Å². The maximum Gasteiger partial charge on any atom is 0.282 e. The van der Waals surface area contributed by atoms with Crippen LogP contribution in [-0.2, 0) is 14.9 Å². The van der Waals surface area contributed by atoms with Crippen LogP contribution >= 0.6 is 12.4 Å². The largest absolute Gasteiger partial charge is 0.375 e. The highest BCUT2D eigenvalue weighted by Gasteiger charge is 2.38. The van der Waals surface area contributed by atoms with Crippen molar-refractivity contribution in [3.8, 4) is 0 Å². The van der Waals surface area contributed by atoms with Gasteiger partial charge in [0.2, 0.25) is 0 Å². The lowest BCUT2D eigenvalue weighted by Crippen LogP contribution is -2.56. The third-order valence-corrected chi connectivity index (χ3v) is 6.59. The van der Waals surface area contributed by atoms with E-state index in [1.54, 1.807) is 15.7 Å². The quantitative estimate of drug-likeness (QED) is 0.829. The second-order valence-electron chi connectivity index (χ2n) is 6.16. The Morgan fingerprint density at radius 2 is 1.76 bits per heavy atom. The zero-order chi connectivity index (χ0) is 14.9. The third kappa shape index (κ3) is 4.30. The van der Waals surface area contributed by atoms with Gasteiger partial charge in [0, 0.05) is 31.7 Å². The fraction of sp³-hybridized carbons (Fsp3) is 1.00. The summed E-state index contributed by atoms with van der Waals surface area (Å²) in [5.74, 6) is 0. The molecule has 0 spiro atoms. The zero-order valence-corrected chi connectivity index (χ0v) is 14.7. The molecule has 2 unspecified atom stereocenters. The molecule has 1 saturated heterocycles. The molecule has 1 saturated carbocycles. The van der Waals surface area contributed by atoms with Crippen LogP contribution in [0.3, 0.4) is 0 Å². The number of nitrogens with two attached hydrogens (primary N) is 1. The normalized spacial score (nSPS) is 35.5. The highest BCUT2D eigenvalue weighted by atomic mass is 35.5. The summed E-state index contributed by atoms with van der Waals surface area (Å²) in [6.45, 7) is 4.70. The number of morpholine rings is 1. The Kier molecular flexibility index (Phi) is 6.89. The summed E-state index contributed by atoms with van der Waals surface area (Å²) in [5, 5.41) is 0. The molecule has 2 fully saturated rings. The van der Waals surface area contributed by atoms with Crippen molar-refractivity contribution < 1.29 is 13.2 Å². The number of hydrogen-bond acceptors (Lipinski definition) is 4. The van der Waals surface area contributed by atoms with Gasteiger partial charge in [0.15, 0.2) is 0 Å². The van der Waals surface area contributed by atoms with Gasteiger partial charge in [0.25, 0.3) is 10.2 Å². The van der Waals surface area contributed by atoms with Crippen molar-refractivity contribution in [2.24, 2.45) is 5.73 Å². The molecule has 1 heterocycles. The van der Waals surface area contributed by atoms with Crippen LogP contribution in [0.5, 0.6) is 0 Å². The van der Waals surface area contributed by atoms with Crippen LogP contribution in [0.4, 0.5) is 0 Å². The topological polar surface area (TPSA) is 75.9 Å². The maximum atomic E-state index is 12.8. The van der Waals surface area contributed by atoms with E-state index in [-0.39, 0.29) is 36.6 Å².